The quantitative estimate of drug-likeness (QED) is 0.757. The van der Waals surface area contributed by atoms with E-state index in [1.807, 2.05) is 0 Å². The van der Waals surface area contributed by atoms with Crippen molar-refractivity contribution in [2.75, 3.05) is 14.1 Å². The first-order valence-electron chi connectivity index (χ1n) is 10.2. The van der Waals surface area contributed by atoms with Crippen LogP contribution in [0, 0.1) is 28.6 Å². The van der Waals surface area contributed by atoms with Gasteiger partial charge >= 0.3 is 0 Å². The Kier molecular flexibility index (Phi) is 4.45. The van der Waals surface area contributed by atoms with Crippen molar-refractivity contribution >= 4 is 6.21 Å². The van der Waals surface area contributed by atoms with E-state index in [0.717, 1.165) is 5.92 Å². The van der Waals surface area contributed by atoms with E-state index in [4.69, 9.17) is 5.73 Å². The molecule has 138 valence electrons. The largest absolute Gasteiger partial charge is 0.327 e. The summed E-state index contributed by atoms with van der Waals surface area (Å²) in [5.74, 6) is 2.15. The second-order valence-electron chi connectivity index (χ2n) is 9.76. The summed E-state index contributed by atoms with van der Waals surface area (Å²) in [4.78, 5) is 2.38. The van der Waals surface area contributed by atoms with Gasteiger partial charge in [-0.15, -0.1) is 0 Å². The average Bonchev–Trinajstić information content (AvgIpc) is 2.97. The van der Waals surface area contributed by atoms with Crippen LogP contribution in [-0.2, 0) is 0 Å². The van der Waals surface area contributed by atoms with Gasteiger partial charge in [0.25, 0.3) is 0 Å². The maximum atomic E-state index is 6.98. The van der Waals surface area contributed by atoms with E-state index >= 15 is 0 Å². The normalized spacial score (nSPS) is 49.2. The fourth-order valence-corrected chi connectivity index (χ4v) is 6.16. The highest BCUT2D eigenvalue weighted by Gasteiger charge is 2.92. The van der Waals surface area contributed by atoms with Crippen LogP contribution in [0.25, 0.3) is 0 Å². The van der Waals surface area contributed by atoms with E-state index in [0.29, 0.717) is 41.4 Å². The van der Waals surface area contributed by atoms with E-state index in [1.54, 1.807) is 0 Å². The SMILES string of the molecule is CCC(C)C=[N+]1C(C)C2(C)C1C2(C)C(N)C1CCC1C(C)N(C)C. The van der Waals surface area contributed by atoms with E-state index in [9.17, 15) is 0 Å². The maximum absolute atomic E-state index is 6.98. The molecule has 0 aromatic rings. The van der Waals surface area contributed by atoms with Crippen molar-refractivity contribution in [3.8, 4) is 0 Å². The second-order valence-corrected chi connectivity index (χ2v) is 9.76. The minimum atomic E-state index is 0.283. The third-order valence-electron chi connectivity index (χ3n) is 8.87. The van der Waals surface area contributed by atoms with Gasteiger partial charge in [-0.1, -0.05) is 20.8 Å². The molecule has 2 saturated carbocycles. The molecule has 3 heteroatoms. The van der Waals surface area contributed by atoms with Crippen molar-refractivity contribution in [3.05, 3.63) is 0 Å². The highest BCUT2D eigenvalue weighted by atomic mass is 15.3. The van der Waals surface area contributed by atoms with Crippen LogP contribution in [0.1, 0.15) is 60.8 Å². The highest BCUT2D eigenvalue weighted by Crippen LogP contribution is 2.76. The summed E-state index contributed by atoms with van der Waals surface area (Å²) in [5.41, 5.74) is 7.68. The Balaban J connectivity index is 1.77. The Morgan fingerprint density at radius 1 is 1.21 bits per heavy atom. The van der Waals surface area contributed by atoms with E-state index < -0.39 is 0 Å². The Bertz CT molecular complexity index is 527. The van der Waals surface area contributed by atoms with Crippen LogP contribution in [0.15, 0.2) is 0 Å². The van der Waals surface area contributed by atoms with Crippen LogP contribution in [0.3, 0.4) is 0 Å². The highest BCUT2D eigenvalue weighted by molar-refractivity contribution is 5.56. The lowest BCUT2D eigenvalue weighted by atomic mass is 9.62. The van der Waals surface area contributed by atoms with Crippen LogP contribution < -0.4 is 5.73 Å². The predicted molar refractivity (Wildman–Crippen MR) is 103 cm³/mol. The molecule has 0 radical (unpaired) electrons. The van der Waals surface area contributed by atoms with Gasteiger partial charge in [0.15, 0.2) is 12.1 Å². The van der Waals surface area contributed by atoms with Gasteiger partial charge in [-0.2, -0.15) is 0 Å². The van der Waals surface area contributed by atoms with Crippen molar-refractivity contribution in [2.24, 2.45) is 34.3 Å². The first-order chi connectivity index (χ1) is 11.1. The summed E-state index contributed by atoms with van der Waals surface area (Å²) in [6.45, 7) is 14.4. The molecule has 9 atom stereocenters. The topological polar surface area (TPSA) is 32.3 Å². The monoisotopic (exact) mass is 334 g/mol. The Labute approximate surface area is 149 Å². The van der Waals surface area contributed by atoms with Gasteiger partial charge in [0.2, 0.25) is 0 Å². The zero-order chi connectivity index (χ0) is 18.0. The van der Waals surface area contributed by atoms with Crippen molar-refractivity contribution < 1.29 is 4.58 Å². The fraction of sp³-hybridized carbons (Fsp3) is 0.952. The minimum absolute atomic E-state index is 0.283. The Morgan fingerprint density at radius 2 is 1.79 bits per heavy atom. The molecular formula is C21H40N3+. The van der Waals surface area contributed by atoms with Gasteiger partial charge in [0, 0.05) is 18.0 Å². The van der Waals surface area contributed by atoms with Crippen molar-refractivity contribution in [1.82, 2.24) is 4.90 Å². The summed E-state index contributed by atoms with van der Waals surface area (Å²) in [6, 6.07) is 2.28. The van der Waals surface area contributed by atoms with E-state index in [1.165, 1.54) is 19.3 Å². The summed E-state index contributed by atoms with van der Waals surface area (Å²) in [6.07, 6.45) is 6.40. The first-order valence-corrected chi connectivity index (χ1v) is 10.2. The van der Waals surface area contributed by atoms with Gasteiger partial charge < -0.3 is 10.6 Å². The van der Waals surface area contributed by atoms with E-state index in [2.05, 4.69) is 71.3 Å². The minimum Gasteiger partial charge on any atom is -0.327 e. The summed E-state index contributed by atoms with van der Waals surface area (Å²) < 4.78 is 2.65. The third-order valence-corrected chi connectivity index (χ3v) is 8.87. The molecule has 3 nitrogen and oxygen atoms in total. The van der Waals surface area contributed by atoms with Crippen molar-refractivity contribution in [1.29, 1.82) is 0 Å². The molecular weight excluding hydrogens is 294 g/mol. The molecule has 9 unspecified atom stereocenters. The Hall–Kier alpha value is -0.410. The zero-order valence-electron chi connectivity index (χ0n) is 17.2. The molecule has 0 aromatic heterocycles. The average molecular weight is 335 g/mol. The molecule has 0 amide bonds. The maximum Gasteiger partial charge on any atom is 0.173 e. The smallest absolute Gasteiger partial charge is 0.173 e. The molecule has 24 heavy (non-hydrogen) atoms. The molecule has 1 saturated heterocycles. The van der Waals surface area contributed by atoms with Gasteiger partial charge in [-0.3, -0.25) is 0 Å². The van der Waals surface area contributed by atoms with Crippen LogP contribution in [0.4, 0.5) is 0 Å². The fourth-order valence-electron chi connectivity index (χ4n) is 6.16. The van der Waals surface area contributed by atoms with E-state index in [-0.39, 0.29) is 5.41 Å². The number of nitrogens with two attached hydrogens (primary N) is 1. The molecule has 3 aliphatic rings. The van der Waals surface area contributed by atoms with Gasteiger partial charge in [-0.05, 0) is 66.0 Å². The number of nitrogens with zero attached hydrogens (tertiary/aromatic N) is 2. The lowest BCUT2D eigenvalue weighted by molar-refractivity contribution is -0.644. The molecule has 2 N–H and O–H groups in total. The van der Waals surface area contributed by atoms with Crippen molar-refractivity contribution in [2.45, 2.75) is 85.0 Å². The van der Waals surface area contributed by atoms with Gasteiger partial charge in [0.1, 0.15) is 11.6 Å². The van der Waals surface area contributed by atoms with Gasteiger partial charge in [-0.25, -0.2) is 4.58 Å². The number of rotatable bonds is 6. The lowest BCUT2D eigenvalue weighted by Gasteiger charge is -2.47. The molecule has 3 rings (SSSR count). The van der Waals surface area contributed by atoms with Crippen LogP contribution >= 0.6 is 0 Å². The Morgan fingerprint density at radius 3 is 2.25 bits per heavy atom. The molecule has 1 heterocycles. The summed E-state index contributed by atoms with van der Waals surface area (Å²) in [7, 11) is 4.42. The zero-order valence-corrected chi connectivity index (χ0v) is 17.2. The van der Waals surface area contributed by atoms with Gasteiger partial charge in [0.05, 0.1) is 5.41 Å². The third kappa shape index (κ3) is 2.13. The molecule has 3 fully saturated rings. The number of hydrogen-bond acceptors (Lipinski definition) is 2. The molecule has 0 bridgehead atoms. The number of hydrogen-bond donors (Lipinski definition) is 1. The predicted octanol–water partition coefficient (Wildman–Crippen LogP) is 3.22. The van der Waals surface area contributed by atoms with Crippen LogP contribution in [-0.4, -0.2) is 54.0 Å². The first kappa shape index (κ1) is 18.4. The van der Waals surface area contributed by atoms with Crippen molar-refractivity contribution in [3.63, 3.8) is 0 Å². The standard InChI is InChI=1S/C21H40N3/c1-9-13(2)12-24-15(4)20(5)19(24)21(20,6)18(22)17-11-10-16(17)14(3)23(7)8/h12-19H,9-11,22H2,1-8H3/q+1. The second kappa shape index (κ2) is 5.81. The summed E-state index contributed by atoms with van der Waals surface area (Å²) in [5, 5.41) is 0. The molecule has 1 aliphatic heterocycles. The van der Waals surface area contributed by atoms with Crippen LogP contribution in [0.2, 0.25) is 0 Å². The molecule has 2 aliphatic carbocycles. The van der Waals surface area contributed by atoms with Crippen LogP contribution in [0.5, 0.6) is 0 Å². The molecule has 0 spiro atoms. The lowest BCUT2D eigenvalue weighted by Crippen LogP contribution is -2.53. The number of fused-ring (bicyclic) bond motifs is 1. The molecule has 0 aromatic carbocycles. The summed E-state index contributed by atoms with van der Waals surface area (Å²) >= 11 is 0.